The van der Waals surface area contributed by atoms with E-state index in [0.29, 0.717) is 23.4 Å². The van der Waals surface area contributed by atoms with E-state index < -0.39 is 5.60 Å². The largest absolute Gasteiger partial charge is 0.444 e. The molecule has 0 bridgehead atoms. The first-order valence-corrected chi connectivity index (χ1v) is 7.79. The van der Waals surface area contributed by atoms with Crippen molar-refractivity contribution in [3.63, 3.8) is 0 Å². The molecule has 22 heavy (non-hydrogen) atoms. The second-order valence-electron chi connectivity index (χ2n) is 6.66. The van der Waals surface area contributed by atoms with Crippen LogP contribution in [0.3, 0.4) is 0 Å². The molecule has 1 fully saturated rings. The summed E-state index contributed by atoms with van der Waals surface area (Å²) in [4.78, 5) is 24.2. The van der Waals surface area contributed by atoms with Crippen molar-refractivity contribution in [1.82, 2.24) is 14.9 Å². The Labute approximate surface area is 136 Å². The standard InChI is InChI=1S/C15H23ClN4O2/c1-15(2,3)22-14(21)20-6-5-11(10-20)9-19(4)13-17-7-12(16)8-18-13/h7-8,11H,5-6,9-10H2,1-4H3/t11-/m1/s1. The molecule has 1 atom stereocenters. The van der Waals surface area contributed by atoms with Crippen LogP contribution in [0.5, 0.6) is 0 Å². The van der Waals surface area contributed by atoms with Gasteiger partial charge in [0.05, 0.1) is 17.4 Å². The summed E-state index contributed by atoms with van der Waals surface area (Å²) in [5, 5.41) is 0.522. The van der Waals surface area contributed by atoms with Gasteiger partial charge in [-0.15, -0.1) is 0 Å². The fourth-order valence-electron chi connectivity index (χ4n) is 2.45. The Morgan fingerprint density at radius 3 is 2.68 bits per heavy atom. The number of hydrogen-bond donors (Lipinski definition) is 0. The van der Waals surface area contributed by atoms with Gasteiger partial charge in [0, 0.05) is 26.7 Å². The van der Waals surface area contributed by atoms with Crippen molar-refractivity contribution in [3.05, 3.63) is 17.4 Å². The first-order valence-electron chi connectivity index (χ1n) is 7.41. The second-order valence-corrected chi connectivity index (χ2v) is 7.10. The van der Waals surface area contributed by atoms with Crippen LogP contribution in [0.25, 0.3) is 0 Å². The van der Waals surface area contributed by atoms with Crippen LogP contribution in [0.2, 0.25) is 5.02 Å². The third-order valence-corrected chi connectivity index (χ3v) is 3.61. The molecule has 1 aromatic heterocycles. The lowest BCUT2D eigenvalue weighted by Crippen LogP contribution is -2.36. The summed E-state index contributed by atoms with van der Waals surface area (Å²) in [7, 11) is 1.94. The van der Waals surface area contributed by atoms with Crippen LogP contribution in [-0.4, -0.2) is 53.2 Å². The highest BCUT2D eigenvalue weighted by Crippen LogP contribution is 2.21. The van der Waals surface area contributed by atoms with E-state index in [2.05, 4.69) is 9.97 Å². The van der Waals surface area contributed by atoms with Crippen molar-refractivity contribution in [1.29, 1.82) is 0 Å². The van der Waals surface area contributed by atoms with Gasteiger partial charge in [-0.25, -0.2) is 14.8 Å². The number of anilines is 1. The second kappa shape index (κ2) is 6.69. The first-order chi connectivity index (χ1) is 10.2. The molecule has 7 heteroatoms. The van der Waals surface area contributed by atoms with Gasteiger partial charge in [0.2, 0.25) is 5.95 Å². The summed E-state index contributed by atoms with van der Waals surface area (Å²) in [6, 6.07) is 0. The lowest BCUT2D eigenvalue weighted by Gasteiger charge is -2.25. The van der Waals surface area contributed by atoms with Crippen LogP contribution in [0, 0.1) is 5.92 Å². The maximum atomic E-state index is 12.1. The predicted molar refractivity (Wildman–Crippen MR) is 86.2 cm³/mol. The molecule has 0 aromatic carbocycles. The number of halogens is 1. The molecule has 0 radical (unpaired) electrons. The van der Waals surface area contributed by atoms with Gasteiger partial charge >= 0.3 is 6.09 Å². The number of hydrogen-bond acceptors (Lipinski definition) is 5. The van der Waals surface area contributed by atoms with Gasteiger partial charge in [0.1, 0.15) is 5.60 Å². The molecule has 1 aliphatic rings. The molecule has 2 rings (SSSR count). The molecule has 122 valence electrons. The smallest absolute Gasteiger partial charge is 0.410 e. The molecule has 0 aliphatic carbocycles. The highest BCUT2D eigenvalue weighted by Gasteiger charge is 2.30. The quantitative estimate of drug-likeness (QED) is 0.854. The Morgan fingerprint density at radius 2 is 2.09 bits per heavy atom. The molecular weight excluding hydrogens is 304 g/mol. The van der Waals surface area contributed by atoms with Crippen molar-refractivity contribution in [3.8, 4) is 0 Å². The minimum atomic E-state index is -0.455. The van der Waals surface area contributed by atoms with E-state index in [4.69, 9.17) is 16.3 Å². The molecule has 1 saturated heterocycles. The van der Waals surface area contributed by atoms with E-state index in [0.717, 1.165) is 19.5 Å². The summed E-state index contributed by atoms with van der Waals surface area (Å²) < 4.78 is 5.41. The summed E-state index contributed by atoms with van der Waals surface area (Å²) in [5.41, 5.74) is -0.455. The molecule has 1 aromatic rings. The third kappa shape index (κ3) is 4.73. The van der Waals surface area contributed by atoms with Crippen LogP contribution in [-0.2, 0) is 4.74 Å². The number of carbonyl (C=O) groups excluding carboxylic acids is 1. The van der Waals surface area contributed by atoms with Crippen LogP contribution in [0.4, 0.5) is 10.7 Å². The fourth-order valence-corrected chi connectivity index (χ4v) is 2.54. The average molecular weight is 327 g/mol. The van der Waals surface area contributed by atoms with E-state index in [9.17, 15) is 4.79 Å². The van der Waals surface area contributed by atoms with Crippen LogP contribution in [0.15, 0.2) is 12.4 Å². The number of likely N-dealkylation sites (tertiary alicyclic amines) is 1. The Morgan fingerprint density at radius 1 is 1.45 bits per heavy atom. The van der Waals surface area contributed by atoms with Gasteiger partial charge in [-0.1, -0.05) is 11.6 Å². The number of rotatable bonds is 3. The minimum Gasteiger partial charge on any atom is -0.444 e. The van der Waals surface area contributed by atoms with E-state index in [1.807, 2.05) is 32.7 Å². The zero-order valence-corrected chi connectivity index (χ0v) is 14.3. The van der Waals surface area contributed by atoms with E-state index in [1.165, 1.54) is 0 Å². The molecular formula is C15H23ClN4O2. The van der Waals surface area contributed by atoms with E-state index >= 15 is 0 Å². The van der Waals surface area contributed by atoms with Crippen molar-refractivity contribution in [2.45, 2.75) is 32.8 Å². The van der Waals surface area contributed by atoms with Crippen molar-refractivity contribution in [2.24, 2.45) is 5.92 Å². The molecule has 6 nitrogen and oxygen atoms in total. The van der Waals surface area contributed by atoms with Crippen molar-refractivity contribution in [2.75, 3.05) is 31.6 Å². The summed E-state index contributed by atoms with van der Waals surface area (Å²) in [5.74, 6) is 1.02. The summed E-state index contributed by atoms with van der Waals surface area (Å²) in [6.07, 6.45) is 3.89. The molecule has 2 heterocycles. The van der Waals surface area contributed by atoms with Gasteiger partial charge in [0.15, 0.2) is 0 Å². The predicted octanol–water partition coefficient (Wildman–Crippen LogP) is 2.82. The topological polar surface area (TPSA) is 58.6 Å². The van der Waals surface area contributed by atoms with Gasteiger partial charge in [0.25, 0.3) is 0 Å². The van der Waals surface area contributed by atoms with E-state index in [-0.39, 0.29) is 6.09 Å². The van der Waals surface area contributed by atoms with Crippen molar-refractivity contribution >= 4 is 23.6 Å². The highest BCUT2D eigenvalue weighted by molar-refractivity contribution is 6.30. The zero-order valence-electron chi connectivity index (χ0n) is 13.5. The van der Waals surface area contributed by atoms with Gasteiger partial charge in [-0.2, -0.15) is 0 Å². The first kappa shape index (κ1) is 16.8. The zero-order chi connectivity index (χ0) is 16.3. The lowest BCUT2D eigenvalue weighted by atomic mass is 10.1. The number of aromatic nitrogens is 2. The number of carbonyl (C=O) groups is 1. The van der Waals surface area contributed by atoms with Crippen molar-refractivity contribution < 1.29 is 9.53 Å². The Balaban J connectivity index is 1.85. The maximum absolute atomic E-state index is 12.1. The van der Waals surface area contributed by atoms with Crippen LogP contribution < -0.4 is 4.90 Å². The normalized spacial score (nSPS) is 18.4. The minimum absolute atomic E-state index is 0.236. The van der Waals surface area contributed by atoms with Gasteiger partial charge in [-0.05, 0) is 33.1 Å². The third-order valence-electron chi connectivity index (χ3n) is 3.42. The molecule has 1 amide bonds. The van der Waals surface area contributed by atoms with Gasteiger partial charge in [-0.3, -0.25) is 0 Å². The molecule has 0 N–H and O–H groups in total. The van der Waals surface area contributed by atoms with Crippen LogP contribution in [0.1, 0.15) is 27.2 Å². The Kier molecular flexibility index (Phi) is 5.11. The molecule has 0 saturated carbocycles. The highest BCUT2D eigenvalue weighted by atomic mass is 35.5. The monoisotopic (exact) mass is 326 g/mol. The number of ether oxygens (including phenoxy) is 1. The average Bonchev–Trinajstić information content (AvgIpc) is 2.86. The van der Waals surface area contributed by atoms with Crippen LogP contribution >= 0.6 is 11.6 Å². The number of nitrogens with zero attached hydrogens (tertiary/aromatic N) is 4. The maximum Gasteiger partial charge on any atom is 0.410 e. The SMILES string of the molecule is CN(C[C@H]1CCN(C(=O)OC(C)(C)C)C1)c1ncc(Cl)cn1. The Bertz CT molecular complexity index is 515. The Hall–Kier alpha value is -1.56. The molecule has 0 spiro atoms. The lowest BCUT2D eigenvalue weighted by molar-refractivity contribution is 0.0288. The number of amides is 1. The summed E-state index contributed by atoms with van der Waals surface area (Å²) in [6.45, 7) is 7.86. The summed E-state index contributed by atoms with van der Waals surface area (Å²) >= 11 is 5.79. The van der Waals surface area contributed by atoms with E-state index in [1.54, 1.807) is 17.3 Å². The molecule has 0 unspecified atom stereocenters. The van der Waals surface area contributed by atoms with Gasteiger partial charge < -0.3 is 14.5 Å². The fraction of sp³-hybridized carbons (Fsp3) is 0.667. The molecule has 1 aliphatic heterocycles.